The van der Waals surface area contributed by atoms with Crippen LogP contribution in [-0.4, -0.2) is 30.3 Å². The Hall–Kier alpha value is -1.36. The Labute approximate surface area is 119 Å². The normalized spacial score (nSPS) is 18.7. The fourth-order valence-electron chi connectivity index (χ4n) is 2.37. The second kappa shape index (κ2) is 6.88. The molecule has 0 saturated carbocycles. The highest BCUT2D eigenvalue weighted by Gasteiger charge is 2.25. The Kier molecular flexibility index (Phi) is 5.17. The molecule has 5 heteroatoms. The van der Waals surface area contributed by atoms with Crippen LogP contribution in [0.25, 0.3) is 0 Å². The van der Waals surface area contributed by atoms with Crippen LogP contribution >= 0.6 is 0 Å². The van der Waals surface area contributed by atoms with Gasteiger partial charge in [-0.2, -0.15) is 0 Å². The summed E-state index contributed by atoms with van der Waals surface area (Å²) in [5.74, 6) is 0.822. The lowest BCUT2D eigenvalue weighted by molar-refractivity contribution is 0.0482. The van der Waals surface area contributed by atoms with Gasteiger partial charge in [-0.25, -0.2) is 9.78 Å². The van der Waals surface area contributed by atoms with Crippen LogP contribution in [0.1, 0.15) is 55.8 Å². The van der Waals surface area contributed by atoms with E-state index in [0.717, 1.165) is 19.4 Å². The van der Waals surface area contributed by atoms with Crippen molar-refractivity contribution in [3.63, 3.8) is 0 Å². The topological polar surface area (TPSA) is 61.6 Å². The van der Waals surface area contributed by atoms with E-state index in [1.54, 1.807) is 6.92 Å². The van der Waals surface area contributed by atoms with Crippen LogP contribution in [0, 0.1) is 5.92 Å². The number of carbonyl (C=O) groups excluding carboxylic acids is 1. The molecule has 1 aromatic heterocycles. The maximum Gasteiger partial charge on any atom is 0.376 e. The van der Waals surface area contributed by atoms with Crippen molar-refractivity contribution >= 4 is 5.97 Å². The average Bonchev–Trinajstić information content (AvgIpc) is 2.99. The van der Waals surface area contributed by atoms with E-state index in [-0.39, 0.29) is 11.9 Å². The molecule has 20 heavy (non-hydrogen) atoms. The van der Waals surface area contributed by atoms with E-state index in [1.165, 1.54) is 0 Å². The molecule has 1 aliphatic heterocycles. The van der Waals surface area contributed by atoms with Gasteiger partial charge < -0.3 is 13.9 Å². The molecule has 0 N–H and O–H groups in total. The summed E-state index contributed by atoms with van der Waals surface area (Å²) in [4.78, 5) is 16.4. The van der Waals surface area contributed by atoms with Crippen LogP contribution in [0.4, 0.5) is 0 Å². The Morgan fingerprint density at radius 2 is 2.30 bits per heavy atom. The van der Waals surface area contributed by atoms with Crippen LogP contribution < -0.4 is 0 Å². The maximum absolute atomic E-state index is 11.9. The monoisotopic (exact) mass is 281 g/mol. The number of esters is 1. The van der Waals surface area contributed by atoms with E-state index in [4.69, 9.17) is 13.9 Å². The second-order valence-corrected chi connectivity index (χ2v) is 5.54. The molecular weight excluding hydrogens is 258 g/mol. The first-order valence-electron chi connectivity index (χ1n) is 7.37. The molecule has 2 rings (SSSR count). The molecule has 1 unspecified atom stereocenters. The molecule has 0 aromatic carbocycles. The van der Waals surface area contributed by atoms with Gasteiger partial charge in [-0.1, -0.05) is 13.8 Å². The highest BCUT2D eigenvalue weighted by atomic mass is 16.5. The molecule has 0 radical (unpaired) electrons. The third kappa shape index (κ3) is 3.82. The lowest BCUT2D eigenvalue weighted by Crippen LogP contribution is -2.09. The summed E-state index contributed by atoms with van der Waals surface area (Å²) in [7, 11) is 0. The molecule has 112 valence electrons. The van der Waals surface area contributed by atoms with Crippen molar-refractivity contribution in [1.29, 1.82) is 0 Å². The van der Waals surface area contributed by atoms with E-state index in [2.05, 4.69) is 18.8 Å². The van der Waals surface area contributed by atoms with Gasteiger partial charge >= 0.3 is 5.97 Å². The van der Waals surface area contributed by atoms with Gasteiger partial charge in [-0.15, -0.1) is 0 Å². The SMILES string of the molecule is CCOC(=O)c1oc(CC2CCCO2)nc1CC(C)C. The quantitative estimate of drug-likeness (QED) is 0.750. The molecule has 5 nitrogen and oxygen atoms in total. The van der Waals surface area contributed by atoms with Crippen LogP contribution in [0.15, 0.2) is 4.42 Å². The van der Waals surface area contributed by atoms with Crippen molar-refractivity contribution < 1.29 is 18.7 Å². The fraction of sp³-hybridized carbons (Fsp3) is 0.733. The lowest BCUT2D eigenvalue weighted by Gasteiger charge is -2.04. The van der Waals surface area contributed by atoms with Gasteiger partial charge in [0.05, 0.1) is 24.8 Å². The van der Waals surface area contributed by atoms with Gasteiger partial charge in [0.2, 0.25) is 5.76 Å². The molecule has 1 aliphatic rings. The zero-order valence-electron chi connectivity index (χ0n) is 12.5. The zero-order valence-corrected chi connectivity index (χ0v) is 12.5. The number of aromatic nitrogens is 1. The van der Waals surface area contributed by atoms with E-state index in [0.29, 0.717) is 37.0 Å². The largest absolute Gasteiger partial charge is 0.460 e. The number of ether oxygens (including phenoxy) is 2. The van der Waals surface area contributed by atoms with Gasteiger partial charge in [0, 0.05) is 6.61 Å². The lowest BCUT2D eigenvalue weighted by atomic mass is 10.1. The standard InChI is InChI=1S/C15H23NO4/c1-4-18-15(17)14-12(8-10(2)3)16-13(20-14)9-11-6-5-7-19-11/h10-11H,4-9H2,1-3H3. The van der Waals surface area contributed by atoms with Crippen LogP contribution in [0.2, 0.25) is 0 Å². The van der Waals surface area contributed by atoms with Gasteiger partial charge in [0.1, 0.15) is 0 Å². The van der Waals surface area contributed by atoms with Crippen molar-refractivity contribution in [2.45, 2.75) is 52.6 Å². The van der Waals surface area contributed by atoms with Crippen molar-refractivity contribution in [1.82, 2.24) is 4.98 Å². The molecule has 1 atom stereocenters. The Morgan fingerprint density at radius 1 is 1.50 bits per heavy atom. The second-order valence-electron chi connectivity index (χ2n) is 5.54. The summed E-state index contributed by atoms with van der Waals surface area (Å²) in [6.07, 6.45) is 3.61. The van der Waals surface area contributed by atoms with Crippen molar-refractivity contribution in [3.05, 3.63) is 17.3 Å². The number of hydrogen-bond acceptors (Lipinski definition) is 5. The molecular formula is C15H23NO4. The van der Waals surface area contributed by atoms with Gasteiger partial charge in [-0.05, 0) is 32.1 Å². The molecule has 2 heterocycles. The van der Waals surface area contributed by atoms with Crippen molar-refractivity contribution in [2.24, 2.45) is 5.92 Å². The smallest absolute Gasteiger partial charge is 0.376 e. The first-order valence-corrected chi connectivity index (χ1v) is 7.37. The predicted molar refractivity (Wildman–Crippen MR) is 73.7 cm³/mol. The van der Waals surface area contributed by atoms with Gasteiger partial charge in [0.15, 0.2) is 5.89 Å². The van der Waals surface area contributed by atoms with Crippen LogP contribution in [-0.2, 0) is 22.3 Å². The Balaban J connectivity index is 2.14. The summed E-state index contributed by atoms with van der Waals surface area (Å²) in [6, 6.07) is 0. The minimum Gasteiger partial charge on any atom is -0.460 e. The minimum absolute atomic E-state index is 0.163. The summed E-state index contributed by atoms with van der Waals surface area (Å²) in [5, 5.41) is 0. The molecule has 0 spiro atoms. The van der Waals surface area contributed by atoms with Crippen LogP contribution in [0.3, 0.4) is 0 Å². The third-order valence-electron chi connectivity index (χ3n) is 3.23. The molecule has 1 fully saturated rings. The van der Waals surface area contributed by atoms with E-state index < -0.39 is 5.97 Å². The summed E-state index contributed by atoms with van der Waals surface area (Å²) < 4.78 is 16.2. The van der Waals surface area contributed by atoms with E-state index >= 15 is 0 Å². The van der Waals surface area contributed by atoms with Crippen molar-refractivity contribution in [2.75, 3.05) is 13.2 Å². The number of oxazole rings is 1. The Morgan fingerprint density at radius 3 is 2.90 bits per heavy atom. The molecule has 1 saturated heterocycles. The summed E-state index contributed by atoms with van der Waals surface area (Å²) >= 11 is 0. The van der Waals surface area contributed by atoms with Crippen LogP contribution in [0.5, 0.6) is 0 Å². The third-order valence-corrected chi connectivity index (χ3v) is 3.23. The van der Waals surface area contributed by atoms with E-state index in [1.807, 2.05) is 0 Å². The van der Waals surface area contributed by atoms with Crippen molar-refractivity contribution in [3.8, 4) is 0 Å². The maximum atomic E-state index is 11.9. The number of nitrogens with zero attached hydrogens (tertiary/aromatic N) is 1. The number of hydrogen-bond donors (Lipinski definition) is 0. The minimum atomic E-state index is -0.422. The van der Waals surface area contributed by atoms with E-state index in [9.17, 15) is 4.79 Å². The molecule has 0 bridgehead atoms. The Bertz CT molecular complexity index is 447. The fourth-order valence-corrected chi connectivity index (χ4v) is 2.37. The zero-order chi connectivity index (χ0) is 14.5. The first kappa shape index (κ1) is 15.0. The first-order chi connectivity index (χ1) is 9.60. The summed E-state index contributed by atoms with van der Waals surface area (Å²) in [6.45, 7) is 7.09. The van der Waals surface area contributed by atoms with Gasteiger partial charge in [0.25, 0.3) is 0 Å². The summed E-state index contributed by atoms with van der Waals surface area (Å²) in [5.41, 5.74) is 0.700. The number of rotatable bonds is 6. The molecule has 0 amide bonds. The van der Waals surface area contributed by atoms with Gasteiger partial charge in [-0.3, -0.25) is 0 Å². The number of carbonyl (C=O) groups is 1. The molecule has 0 aliphatic carbocycles. The highest BCUT2D eigenvalue weighted by Crippen LogP contribution is 2.21. The average molecular weight is 281 g/mol. The molecule has 1 aromatic rings. The predicted octanol–water partition coefficient (Wildman–Crippen LogP) is 2.77. The highest BCUT2D eigenvalue weighted by molar-refractivity contribution is 5.87.